The van der Waals surface area contributed by atoms with Crippen LogP contribution >= 0.6 is 0 Å². The quantitative estimate of drug-likeness (QED) is 0.586. The Morgan fingerprint density at radius 3 is 2.45 bits per heavy atom. The van der Waals surface area contributed by atoms with Crippen molar-refractivity contribution in [3.05, 3.63) is 22.9 Å². The van der Waals surface area contributed by atoms with Crippen LogP contribution in [0.2, 0.25) is 0 Å². The van der Waals surface area contributed by atoms with E-state index in [-0.39, 0.29) is 24.8 Å². The summed E-state index contributed by atoms with van der Waals surface area (Å²) in [6.07, 6.45) is 0.318. The minimum Gasteiger partial charge on any atom is -0.400 e. The molecule has 1 aliphatic carbocycles. The van der Waals surface area contributed by atoms with Crippen molar-refractivity contribution in [2.45, 2.75) is 12.8 Å². The van der Waals surface area contributed by atoms with Gasteiger partial charge in [0.05, 0.1) is 5.57 Å². The van der Waals surface area contributed by atoms with Crippen LogP contribution < -0.4 is 5.73 Å². The van der Waals surface area contributed by atoms with Crippen molar-refractivity contribution in [2.75, 3.05) is 0 Å². The molecule has 1 aliphatic rings. The number of nitrogens with two attached hydrogens (primary N) is 1. The van der Waals surface area contributed by atoms with Crippen molar-refractivity contribution in [1.82, 2.24) is 0 Å². The second-order valence-corrected chi connectivity index (χ2v) is 2.28. The minimum absolute atomic E-state index is 0.0212. The summed E-state index contributed by atoms with van der Waals surface area (Å²) in [5, 5.41) is 0. The fourth-order valence-electron chi connectivity index (χ4n) is 0.897. The van der Waals surface area contributed by atoms with Gasteiger partial charge in [0.15, 0.2) is 12.1 Å². The van der Waals surface area contributed by atoms with Crippen LogP contribution in [-0.2, 0) is 4.79 Å². The summed E-state index contributed by atoms with van der Waals surface area (Å²) < 4.78 is 25.3. The Balaban J connectivity index is 3.10. The first-order valence-corrected chi connectivity index (χ1v) is 3.15. The van der Waals surface area contributed by atoms with E-state index in [9.17, 15) is 13.6 Å². The molecule has 0 aromatic rings. The minimum atomic E-state index is -0.913. The highest BCUT2D eigenvalue weighted by Gasteiger charge is 2.19. The summed E-state index contributed by atoms with van der Waals surface area (Å²) >= 11 is 0. The summed E-state index contributed by atoms with van der Waals surface area (Å²) in [4.78, 5) is 10.1. The van der Waals surface area contributed by atoms with E-state index >= 15 is 0 Å². The molecular formula is C7H7F2NO. The molecule has 2 nitrogen and oxygen atoms in total. The molecule has 11 heavy (non-hydrogen) atoms. The molecule has 4 heteroatoms. The zero-order chi connectivity index (χ0) is 8.43. The molecule has 60 valence electrons. The number of hydrogen-bond donors (Lipinski definition) is 1. The van der Waals surface area contributed by atoms with Gasteiger partial charge in [0.2, 0.25) is 0 Å². The number of rotatable bonds is 1. The third kappa shape index (κ3) is 1.29. The maximum absolute atomic E-state index is 12.7. The molecule has 0 saturated heterocycles. The molecule has 0 aromatic carbocycles. The van der Waals surface area contributed by atoms with Gasteiger partial charge in [-0.25, -0.2) is 8.78 Å². The predicted molar refractivity (Wildman–Crippen MR) is 35.8 cm³/mol. The Kier molecular flexibility index (Phi) is 2.03. The molecule has 0 fully saturated rings. The normalized spacial score (nSPS) is 19.1. The molecule has 0 amide bonds. The van der Waals surface area contributed by atoms with Crippen LogP contribution in [-0.4, -0.2) is 6.29 Å². The molecule has 0 spiro atoms. The van der Waals surface area contributed by atoms with Crippen molar-refractivity contribution >= 4 is 6.29 Å². The standard InChI is InChI=1S/C7H7F2NO/c8-5-1-2-6(10)7(9)4(5)3-11/h3H,1-2,10H2. The molecule has 0 aromatic heterocycles. The highest BCUT2D eigenvalue weighted by molar-refractivity contribution is 5.80. The predicted octanol–water partition coefficient (Wildman–Crippen LogP) is 1.34. The topological polar surface area (TPSA) is 43.1 Å². The summed E-state index contributed by atoms with van der Waals surface area (Å²) in [6, 6.07) is 0. The number of carbonyl (C=O) groups excluding carboxylic acids is 1. The van der Waals surface area contributed by atoms with Gasteiger partial charge >= 0.3 is 0 Å². The number of halogens is 2. The van der Waals surface area contributed by atoms with Gasteiger partial charge in [-0.05, 0) is 6.42 Å². The summed E-state index contributed by atoms with van der Waals surface area (Å²) in [5.74, 6) is -1.63. The van der Waals surface area contributed by atoms with E-state index in [0.717, 1.165) is 0 Å². The fraction of sp³-hybridized carbons (Fsp3) is 0.286. The molecule has 1 rings (SSSR count). The van der Waals surface area contributed by atoms with E-state index in [1.165, 1.54) is 0 Å². The Hall–Kier alpha value is -1.19. The lowest BCUT2D eigenvalue weighted by Crippen LogP contribution is -2.08. The van der Waals surface area contributed by atoms with Crippen LogP contribution in [0.3, 0.4) is 0 Å². The van der Waals surface area contributed by atoms with E-state index in [4.69, 9.17) is 5.73 Å². The third-order valence-corrected chi connectivity index (χ3v) is 1.54. The van der Waals surface area contributed by atoms with Crippen molar-refractivity contribution in [3.63, 3.8) is 0 Å². The molecule has 0 heterocycles. The second kappa shape index (κ2) is 2.82. The van der Waals surface area contributed by atoms with Gasteiger partial charge in [0.25, 0.3) is 0 Å². The molecule has 0 saturated carbocycles. The van der Waals surface area contributed by atoms with Crippen LogP contribution in [0.4, 0.5) is 8.78 Å². The SMILES string of the molecule is NC1=C(F)C(C=O)=C(F)CC1. The average Bonchev–Trinajstić information content (AvgIpc) is 1.99. The van der Waals surface area contributed by atoms with Crippen LogP contribution in [0.15, 0.2) is 22.9 Å². The van der Waals surface area contributed by atoms with Gasteiger partial charge in [-0.15, -0.1) is 0 Å². The maximum Gasteiger partial charge on any atom is 0.155 e. The Morgan fingerprint density at radius 2 is 2.00 bits per heavy atom. The molecule has 0 bridgehead atoms. The molecule has 0 aliphatic heterocycles. The first-order chi connectivity index (χ1) is 5.16. The van der Waals surface area contributed by atoms with Crippen molar-refractivity contribution in [1.29, 1.82) is 0 Å². The Bertz CT molecular complexity index is 255. The largest absolute Gasteiger partial charge is 0.400 e. The lowest BCUT2D eigenvalue weighted by Gasteiger charge is -2.10. The molecule has 2 N–H and O–H groups in total. The molecule has 0 radical (unpaired) electrons. The zero-order valence-corrected chi connectivity index (χ0v) is 5.73. The number of carbonyl (C=O) groups is 1. The molecular weight excluding hydrogens is 152 g/mol. The summed E-state index contributed by atoms with van der Waals surface area (Å²) in [6.45, 7) is 0. The summed E-state index contributed by atoms with van der Waals surface area (Å²) in [5.41, 5.74) is 4.57. The van der Waals surface area contributed by atoms with Gasteiger partial charge in [0.1, 0.15) is 5.83 Å². The van der Waals surface area contributed by atoms with E-state index in [1.54, 1.807) is 0 Å². The van der Waals surface area contributed by atoms with Crippen LogP contribution in [0, 0.1) is 0 Å². The monoisotopic (exact) mass is 159 g/mol. The van der Waals surface area contributed by atoms with Crippen LogP contribution in [0.5, 0.6) is 0 Å². The highest BCUT2D eigenvalue weighted by atomic mass is 19.1. The van der Waals surface area contributed by atoms with E-state index in [1.807, 2.05) is 0 Å². The maximum atomic E-state index is 12.7. The number of allylic oxidation sites excluding steroid dienone is 4. The first kappa shape index (κ1) is 7.91. The van der Waals surface area contributed by atoms with Gasteiger partial charge in [-0.3, -0.25) is 4.79 Å². The Labute approximate surface area is 62.4 Å². The van der Waals surface area contributed by atoms with Crippen LogP contribution in [0.1, 0.15) is 12.8 Å². The van der Waals surface area contributed by atoms with Crippen molar-refractivity contribution < 1.29 is 13.6 Å². The average molecular weight is 159 g/mol. The van der Waals surface area contributed by atoms with Crippen LogP contribution in [0.25, 0.3) is 0 Å². The third-order valence-electron chi connectivity index (χ3n) is 1.54. The van der Waals surface area contributed by atoms with E-state index < -0.39 is 17.2 Å². The van der Waals surface area contributed by atoms with E-state index in [2.05, 4.69) is 0 Å². The highest BCUT2D eigenvalue weighted by Crippen LogP contribution is 2.28. The Morgan fingerprint density at radius 1 is 1.36 bits per heavy atom. The van der Waals surface area contributed by atoms with E-state index in [0.29, 0.717) is 0 Å². The van der Waals surface area contributed by atoms with Gasteiger partial charge in [-0.1, -0.05) is 0 Å². The van der Waals surface area contributed by atoms with Crippen molar-refractivity contribution in [2.24, 2.45) is 5.73 Å². The van der Waals surface area contributed by atoms with Crippen molar-refractivity contribution in [3.8, 4) is 0 Å². The van der Waals surface area contributed by atoms with Gasteiger partial charge < -0.3 is 5.73 Å². The lowest BCUT2D eigenvalue weighted by atomic mass is 10.0. The lowest BCUT2D eigenvalue weighted by molar-refractivity contribution is -0.105. The summed E-state index contributed by atoms with van der Waals surface area (Å²) in [7, 11) is 0. The number of aldehydes is 1. The fourth-order valence-corrected chi connectivity index (χ4v) is 0.897. The first-order valence-electron chi connectivity index (χ1n) is 3.15. The van der Waals surface area contributed by atoms with Gasteiger partial charge in [-0.2, -0.15) is 0 Å². The molecule has 0 unspecified atom stereocenters. The zero-order valence-electron chi connectivity index (χ0n) is 5.73. The second-order valence-electron chi connectivity index (χ2n) is 2.28. The smallest absolute Gasteiger partial charge is 0.155 e. The molecule has 0 atom stereocenters. The van der Waals surface area contributed by atoms with Gasteiger partial charge in [0, 0.05) is 12.1 Å². The number of hydrogen-bond acceptors (Lipinski definition) is 2.